The molecule has 2 rings (SSSR count). The van der Waals surface area contributed by atoms with E-state index in [0.29, 0.717) is 25.4 Å². The number of β-amino-alcohol motifs (C(OH)–C–C–N with tert-alkyl or cyclic N) is 1. The monoisotopic (exact) mass is 256 g/mol. The Morgan fingerprint density at radius 2 is 2.06 bits per heavy atom. The Balaban J connectivity index is 1.68. The zero-order valence-corrected chi connectivity index (χ0v) is 10.8. The summed E-state index contributed by atoms with van der Waals surface area (Å²) in [4.78, 5) is 11.8. The van der Waals surface area contributed by atoms with E-state index in [0.717, 1.165) is 12.8 Å². The average molecular weight is 256 g/mol. The summed E-state index contributed by atoms with van der Waals surface area (Å²) in [6, 6.07) is -0.307. The first-order chi connectivity index (χ1) is 8.66. The van der Waals surface area contributed by atoms with Crippen LogP contribution in [0.1, 0.15) is 38.5 Å². The lowest BCUT2D eigenvalue weighted by Crippen LogP contribution is -2.44. The summed E-state index contributed by atoms with van der Waals surface area (Å²) in [5.74, 6) is 0.225. The second-order valence-electron chi connectivity index (χ2n) is 5.56. The number of amides is 1. The molecule has 1 aliphatic carbocycles. The number of rotatable bonds is 4. The van der Waals surface area contributed by atoms with Crippen molar-refractivity contribution in [2.75, 3.05) is 13.1 Å². The van der Waals surface area contributed by atoms with Gasteiger partial charge >= 0.3 is 0 Å². The van der Waals surface area contributed by atoms with Gasteiger partial charge in [0.05, 0.1) is 18.2 Å². The van der Waals surface area contributed by atoms with E-state index >= 15 is 0 Å². The Labute approximate surface area is 108 Å². The van der Waals surface area contributed by atoms with Gasteiger partial charge in [0.2, 0.25) is 5.91 Å². The first kappa shape index (κ1) is 13.8. The van der Waals surface area contributed by atoms with Gasteiger partial charge in [0.1, 0.15) is 0 Å². The number of carbonyl (C=O) groups is 1. The quantitative estimate of drug-likeness (QED) is 0.560. The molecule has 18 heavy (non-hydrogen) atoms. The lowest BCUT2D eigenvalue weighted by atomic mass is 9.85. The van der Waals surface area contributed by atoms with Gasteiger partial charge in [-0.05, 0) is 25.2 Å². The number of aliphatic hydroxyl groups is 2. The van der Waals surface area contributed by atoms with Crippen LogP contribution in [-0.2, 0) is 4.79 Å². The van der Waals surface area contributed by atoms with Crippen molar-refractivity contribution in [3.8, 4) is 0 Å². The molecule has 0 aromatic heterocycles. The molecule has 2 aliphatic rings. The standard InChI is InChI=1S/C13H24N2O3/c16-10-6-11(14-7-10)13(18)15-8-12(17)9-4-2-1-3-5-9/h9-12,14,16-17H,1-8H2,(H,15,18)/t10-,11+,12+/m1/s1. The Bertz CT molecular complexity index is 279. The number of hydrogen-bond donors (Lipinski definition) is 4. The fourth-order valence-electron chi connectivity index (χ4n) is 2.93. The fourth-order valence-corrected chi connectivity index (χ4v) is 2.93. The van der Waals surface area contributed by atoms with E-state index in [1.165, 1.54) is 19.3 Å². The van der Waals surface area contributed by atoms with Crippen LogP contribution in [0.15, 0.2) is 0 Å². The number of hydrogen-bond acceptors (Lipinski definition) is 4. The second-order valence-corrected chi connectivity index (χ2v) is 5.56. The summed E-state index contributed by atoms with van der Waals surface area (Å²) in [6.07, 6.45) is 5.38. The summed E-state index contributed by atoms with van der Waals surface area (Å²) in [5.41, 5.74) is 0. The SMILES string of the molecule is O=C(NC[C@H](O)C1CCCCC1)[C@@H]1C[C@@H](O)CN1. The van der Waals surface area contributed by atoms with Crippen LogP contribution in [0, 0.1) is 5.92 Å². The lowest BCUT2D eigenvalue weighted by Gasteiger charge is -2.27. The first-order valence-electron chi connectivity index (χ1n) is 7.04. The minimum absolute atomic E-state index is 0.110. The Morgan fingerprint density at radius 3 is 2.67 bits per heavy atom. The van der Waals surface area contributed by atoms with E-state index in [1.807, 2.05) is 0 Å². The van der Waals surface area contributed by atoms with Crippen molar-refractivity contribution in [1.82, 2.24) is 10.6 Å². The maximum Gasteiger partial charge on any atom is 0.237 e. The van der Waals surface area contributed by atoms with E-state index in [2.05, 4.69) is 10.6 Å². The molecule has 2 fully saturated rings. The van der Waals surface area contributed by atoms with Gasteiger partial charge in [-0.1, -0.05) is 19.3 Å². The summed E-state index contributed by atoms with van der Waals surface area (Å²) in [6.45, 7) is 0.807. The smallest absolute Gasteiger partial charge is 0.237 e. The largest absolute Gasteiger partial charge is 0.392 e. The molecule has 0 radical (unpaired) electrons. The molecule has 1 saturated heterocycles. The van der Waals surface area contributed by atoms with Gasteiger partial charge in [0, 0.05) is 13.1 Å². The summed E-state index contributed by atoms with van der Waals surface area (Å²) in [7, 11) is 0. The molecule has 0 bridgehead atoms. The molecule has 0 spiro atoms. The van der Waals surface area contributed by atoms with Crippen LogP contribution in [0.25, 0.3) is 0 Å². The molecule has 0 unspecified atom stereocenters. The van der Waals surface area contributed by atoms with Gasteiger partial charge < -0.3 is 20.8 Å². The van der Waals surface area contributed by atoms with Gasteiger partial charge in [-0.2, -0.15) is 0 Å². The highest BCUT2D eigenvalue weighted by molar-refractivity contribution is 5.82. The van der Waals surface area contributed by atoms with E-state index in [-0.39, 0.29) is 11.9 Å². The Kier molecular flexibility index (Phi) is 4.97. The van der Waals surface area contributed by atoms with Crippen LogP contribution in [0.5, 0.6) is 0 Å². The summed E-state index contributed by atoms with van der Waals surface area (Å²) < 4.78 is 0. The van der Waals surface area contributed by atoms with Crippen molar-refractivity contribution in [3.63, 3.8) is 0 Å². The Hall–Kier alpha value is -0.650. The van der Waals surface area contributed by atoms with Gasteiger partial charge in [0.15, 0.2) is 0 Å². The lowest BCUT2D eigenvalue weighted by molar-refractivity contribution is -0.123. The number of carbonyl (C=O) groups excluding carboxylic acids is 1. The van der Waals surface area contributed by atoms with E-state index in [4.69, 9.17) is 0 Å². The molecule has 1 amide bonds. The van der Waals surface area contributed by atoms with E-state index in [9.17, 15) is 15.0 Å². The molecule has 104 valence electrons. The molecule has 3 atom stereocenters. The van der Waals surface area contributed by atoms with E-state index in [1.54, 1.807) is 0 Å². The minimum Gasteiger partial charge on any atom is -0.392 e. The van der Waals surface area contributed by atoms with Crippen molar-refractivity contribution in [2.24, 2.45) is 5.92 Å². The van der Waals surface area contributed by atoms with Crippen molar-refractivity contribution < 1.29 is 15.0 Å². The predicted octanol–water partition coefficient (Wildman–Crippen LogP) is -0.233. The molecule has 1 aliphatic heterocycles. The summed E-state index contributed by atoms with van der Waals surface area (Å²) in [5, 5.41) is 25.1. The third kappa shape index (κ3) is 3.67. The fraction of sp³-hybridized carbons (Fsp3) is 0.923. The molecule has 5 heteroatoms. The maximum absolute atomic E-state index is 11.8. The first-order valence-corrected chi connectivity index (χ1v) is 7.04. The number of nitrogens with one attached hydrogen (secondary N) is 2. The topological polar surface area (TPSA) is 81.6 Å². The maximum atomic E-state index is 11.8. The molecule has 5 nitrogen and oxygen atoms in total. The van der Waals surface area contributed by atoms with Gasteiger partial charge in [-0.3, -0.25) is 4.79 Å². The number of aliphatic hydroxyl groups excluding tert-OH is 2. The van der Waals surface area contributed by atoms with Crippen LogP contribution < -0.4 is 10.6 Å². The van der Waals surface area contributed by atoms with Crippen molar-refractivity contribution >= 4 is 5.91 Å². The molecular formula is C13H24N2O3. The highest BCUT2D eigenvalue weighted by atomic mass is 16.3. The highest BCUT2D eigenvalue weighted by Crippen LogP contribution is 2.26. The van der Waals surface area contributed by atoms with Crippen LogP contribution in [0.3, 0.4) is 0 Å². The van der Waals surface area contributed by atoms with Gasteiger partial charge in [-0.25, -0.2) is 0 Å². The van der Waals surface area contributed by atoms with E-state index < -0.39 is 12.2 Å². The third-order valence-corrected chi connectivity index (χ3v) is 4.10. The highest BCUT2D eigenvalue weighted by Gasteiger charge is 2.29. The van der Waals surface area contributed by atoms with Crippen LogP contribution in [0.2, 0.25) is 0 Å². The molecule has 1 heterocycles. The predicted molar refractivity (Wildman–Crippen MR) is 68.0 cm³/mol. The molecule has 1 saturated carbocycles. The average Bonchev–Trinajstić information content (AvgIpc) is 2.83. The zero-order chi connectivity index (χ0) is 13.0. The molecular weight excluding hydrogens is 232 g/mol. The Morgan fingerprint density at radius 1 is 1.33 bits per heavy atom. The molecule has 0 aromatic carbocycles. The van der Waals surface area contributed by atoms with Gasteiger partial charge in [0.25, 0.3) is 0 Å². The van der Waals surface area contributed by atoms with Crippen molar-refractivity contribution in [2.45, 2.75) is 56.8 Å². The van der Waals surface area contributed by atoms with Crippen LogP contribution in [-0.4, -0.2) is 47.5 Å². The van der Waals surface area contributed by atoms with Crippen LogP contribution >= 0.6 is 0 Å². The normalized spacial score (nSPS) is 31.2. The van der Waals surface area contributed by atoms with Crippen LogP contribution in [0.4, 0.5) is 0 Å². The minimum atomic E-state index is -0.430. The third-order valence-electron chi connectivity index (χ3n) is 4.10. The van der Waals surface area contributed by atoms with Crippen molar-refractivity contribution in [3.05, 3.63) is 0 Å². The van der Waals surface area contributed by atoms with Gasteiger partial charge in [-0.15, -0.1) is 0 Å². The second kappa shape index (κ2) is 6.50. The summed E-state index contributed by atoms with van der Waals surface area (Å²) >= 11 is 0. The molecule has 4 N–H and O–H groups in total. The zero-order valence-electron chi connectivity index (χ0n) is 10.8. The molecule has 0 aromatic rings. The van der Waals surface area contributed by atoms with Crippen molar-refractivity contribution in [1.29, 1.82) is 0 Å².